The van der Waals surface area contributed by atoms with Gasteiger partial charge in [0, 0.05) is 5.69 Å². The molecule has 1 saturated heterocycles. The van der Waals surface area contributed by atoms with Crippen LogP contribution in [0.1, 0.15) is 36.2 Å². The number of carbonyl (C=O) groups excluding carboxylic acids is 3. The van der Waals surface area contributed by atoms with Crippen LogP contribution in [-0.2, 0) is 25.5 Å². The number of rotatable bonds is 10. The van der Waals surface area contributed by atoms with Crippen molar-refractivity contribution in [3.63, 3.8) is 0 Å². The van der Waals surface area contributed by atoms with Crippen molar-refractivity contribution in [2.45, 2.75) is 38.8 Å². The fourth-order valence-corrected chi connectivity index (χ4v) is 3.91. The number of amides is 2. The fraction of sp³-hybridized carbons (Fsp3) is 0.360. The van der Waals surface area contributed by atoms with Crippen molar-refractivity contribution in [2.24, 2.45) is 11.8 Å². The first-order chi connectivity index (χ1) is 16.2. The van der Waals surface area contributed by atoms with Crippen molar-refractivity contribution in [3.8, 4) is 0 Å². The summed E-state index contributed by atoms with van der Waals surface area (Å²) < 4.78 is 4.66. The molecular weight excluding hydrogens is 438 g/mol. The number of esters is 1. The predicted octanol–water partition coefficient (Wildman–Crippen LogP) is 2.49. The summed E-state index contributed by atoms with van der Waals surface area (Å²) in [5, 5.41) is 13.5. The van der Waals surface area contributed by atoms with Gasteiger partial charge in [-0.25, -0.2) is 15.0 Å². The molecule has 0 spiro atoms. The third-order valence-corrected chi connectivity index (χ3v) is 5.85. The van der Waals surface area contributed by atoms with Crippen molar-refractivity contribution >= 4 is 29.4 Å². The summed E-state index contributed by atoms with van der Waals surface area (Å²) in [7, 11) is 1.28. The van der Waals surface area contributed by atoms with Gasteiger partial charge in [-0.2, -0.15) is 0 Å². The molecule has 0 aromatic heterocycles. The molecule has 0 radical (unpaired) electrons. The highest BCUT2D eigenvalue weighted by Crippen LogP contribution is 2.30. The molecule has 2 aromatic carbocycles. The number of nitrogens with one attached hydrogen (secondary N) is 2. The molecule has 0 bridgehead atoms. The van der Waals surface area contributed by atoms with Gasteiger partial charge in [0.1, 0.15) is 6.04 Å². The minimum absolute atomic E-state index is 0.236. The minimum Gasteiger partial charge on any atom is -0.480 e. The molecule has 3 unspecified atom stereocenters. The van der Waals surface area contributed by atoms with E-state index in [-0.39, 0.29) is 11.8 Å². The Morgan fingerprint density at radius 3 is 2.26 bits per heavy atom. The van der Waals surface area contributed by atoms with Gasteiger partial charge < -0.3 is 15.2 Å². The van der Waals surface area contributed by atoms with Crippen LogP contribution in [0, 0.1) is 11.8 Å². The van der Waals surface area contributed by atoms with Crippen molar-refractivity contribution in [3.05, 3.63) is 65.7 Å². The van der Waals surface area contributed by atoms with E-state index in [9.17, 15) is 24.3 Å². The molecule has 0 aliphatic carbocycles. The lowest BCUT2D eigenvalue weighted by Gasteiger charge is -2.46. The zero-order chi connectivity index (χ0) is 24.8. The predicted molar refractivity (Wildman–Crippen MR) is 125 cm³/mol. The Morgan fingerprint density at radius 1 is 1.06 bits per heavy atom. The summed E-state index contributed by atoms with van der Waals surface area (Å²) in [5.74, 6) is -3.27. The Labute approximate surface area is 198 Å². The molecule has 1 aliphatic rings. The Hall–Kier alpha value is -3.72. The minimum atomic E-state index is -1.12. The number of hydrogen-bond donors (Lipinski definition) is 3. The highest BCUT2D eigenvalue weighted by Gasteiger charge is 2.52. The first kappa shape index (κ1) is 24.9. The molecule has 34 heavy (non-hydrogen) atoms. The molecule has 180 valence electrons. The summed E-state index contributed by atoms with van der Waals surface area (Å²) in [6.45, 7) is 3.59. The Kier molecular flexibility index (Phi) is 8.01. The van der Waals surface area contributed by atoms with Crippen LogP contribution in [0.25, 0.3) is 0 Å². The maximum absolute atomic E-state index is 12.9. The number of anilines is 1. The number of carbonyl (C=O) groups is 4. The monoisotopic (exact) mass is 467 g/mol. The van der Waals surface area contributed by atoms with E-state index in [1.165, 1.54) is 19.2 Å². The maximum Gasteiger partial charge on any atom is 0.337 e. The second-order valence-electron chi connectivity index (χ2n) is 8.53. The first-order valence-corrected chi connectivity index (χ1v) is 11.1. The van der Waals surface area contributed by atoms with E-state index < -0.39 is 35.8 Å². The molecule has 9 heteroatoms. The van der Waals surface area contributed by atoms with Gasteiger partial charge in [-0.1, -0.05) is 44.2 Å². The van der Waals surface area contributed by atoms with E-state index in [1.807, 2.05) is 30.3 Å². The topological polar surface area (TPSA) is 125 Å². The maximum atomic E-state index is 12.9. The molecule has 9 nitrogen and oxygen atoms in total. The van der Waals surface area contributed by atoms with Crippen LogP contribution in [0.5, 0.6) is 0 Å². The zero-order valence-corrected chi connectivity index (χ0v) is 19.4. The summed E-state index contributed by atoms with van der Waals surface area (Å²) in [4.78, 5) is 49.2. The first-order valence-electron chi connectivity index (χ1n) is 11.1. The van der Waals surface area contributed by atoms with Gasteiger partial charge >= 0.3 is 11.9 Å². The second kappa shape index (κ2) is 10.9. The second-order valence-corrected chi connectivity index (χ2v) is 8.53. The molecule has 2 aromatic rings. The lowest BCUT2D eigenvalue weighted by atomic mass is 9.84. The van der Waals surface area contributed by atoms with Crippen LogP contribution >= 0.6 is 0 Å². The molecule has 2 amide bonds. The summed E-state index contributed by atoms with van der Waals surface area (Å²) in [6, 6.07) is 13.8. The van der Waals surface area contributed by atoms with Gasteiger partial charge in [-0.05, 0) is 48.6 Å². The number of methoxy groups -OCH3 is 1. The smallest absolute Gasteiger partial charge is 0.337 e. The molecule has 1 fully saturated rings. The summed E-state index contributed by atoms with van der Waals surface area (Å²) >= 11 is 0. The van der Waals surface area contributed by atoms with E-state index in [1.54, 1.807) is 26.0 Å². The molecular formula is C25H29N3O6. The van der Waals surface area contributed by atoms with Gasteiger partial charge in [0.15, 0.2) is 6.04 Å². The number of carboxylic acids is 1. The molecule has 3 N–H and O–H groups in total. The van der Waals surface area contributed by atoms with Crippen LogP contribution in [0.2, 0.25) is 0 Å². The quantitative estimate of drug-likeness (QED) is 0.362. The van der Waals surface area contributed by atoms with E-state index in [2.05, 4.69) is 15.5 Å². The number of β-lactam (4-membered cyclic amide) rings is 1. The Morgan fingerprint density at radius 2 is 1.71 bits per heavy atom. The fourth-order valence-electron chi connectivity index (χ4n) is 3.91. The number of hydrogen-bond acceptors (Lipinski definition) is 6. The van der Waals surface area contributed by atoms with E-state index >= 15 is 0 Å². The van der Waals surface area contributed by atoms with Crippen LogP contribution < -0.4 is 10.7 Å². The SMILES string of the molecule is COC(=O)c1ccc(NC(=O)C(NN2C(=O)C(CCc3ccccc3)C2C(=O)O)C(C)C)cc1. The molecule has 3 rings (SSSR count). The van der Waals surface area contributed by atoms with E-state index in [0.29, 0.717) is 24.1 Å². The lowest BCUT2D eigenvalue weighted by Crippen LogP contribution is -2.71. The van der Waals surface area contributed by atoms with Crippen LogP contribution in [0.15, 0.2) is 54.6 Å². The Bertz CT molecular complexity index is 1040. The zero-order valence-electron chi connectivity index (χ0n) is 19.4. The van der Waals surface area contributed by atoms with Crippen LogP contribution in [0.4, 0.5) is 5.69 Å². The third-order valence-electron chi connectivity index (χ3n) is 5.85. The number of benzene rings is 2. The van der Waals surface area contributed by atoms with Gasteiger partial charge in [0.05, 0.1) is 18.6 Å². The lowest BCUT2D eigenvalue weighted by molar-refractivity contribution is -0.179. The largest absolute Gasteiger partial charge is 0.480 e. The van der Waals surface area contributed by atoms with Crippen LogP contribution in [-0.4, -0.2) is 53.1 Å². The van der Waals surface area contributed by atoms with Gasteiger partial charge in [-0.15, -0.1) is 0 Å². The number of aryl methyl sites for hydroxylation is 1. The van der Waals surface area contributed by atoms with Crippen molar-refractivity contribution in [1.82, 2.24) is 10.4 Å². The van der Waals surface area contributed by atoms with Crippen molar-refractivity contribution in [2.75, 3.05) is 12.4 Å². The molecule has 1 heterocycles. The number of hydrazine groups is 1. The number of ether oxygens (including phenoxy) is 1. The molecule has 1 aliphatic heterocycles. The average Bonchev–Trinajstić information content (AvgIpc) is 2.82. The normalized spacial score (nSPS) is 18.2. The van der Waals surface area contributed by atoms with Crippen molar-refractivity contribution in [1.29, 1.82) is 0 Å². The standard InChI is InChI=1S/C25H29N3O6/c1-15(2)20(22(29)26-18-12-10-17(11-13-18)25(33)34-3)27-28-21(24(31)32)19(23(28)30)14-9-16-7-5-4-6-8-16/h4-8,10-13,15,19-21,27H,9,14H2,1-3H3,(H,26,29)(H,31,32). The van der Waals surface area contributed by atoms with Gasteiger partial charge in [0.2, 0.25) is 11.8 Å². The van der Waals surface area contributed by atoms with E-state index in [4.69, 9.17) is 0 Å². The van der Waals surface area contributed by atoms with Gasteiger partial charge in [0.25, 0.3) is 0 Å². The highest BCUT2D eigenvalue weighted by molar-refractivity contribution is 5.98. The molecule has 0 saturated carbocycles. The van der Waals surface area contributed by atoms with E-state index in [0.717, 1.165) is 10.6 Å². The molecule has 3 atom stereocenters. The van der Waals surface area contributed by atoms with Crippen molar-refractivity contribution < 1.29 is 29.0 Å². The number of aliphatic carboxylic acids is 1. The summed E-state index contributed by atoms with van der Waals surface area (Å²) in [5.41, 5.74) is 4.67. The Balaban J connectivity index is 1.65. The third kappa shape index (κ3) is 5.60. The van der Waals surface area contributed by atoms with Gasteiger partial charge in [-0.3, -0.25) is 14.6 Å². The average molecular weight is 468 g/mol. The number of nitrogens with zero attached hydrogens (tertiary/aromatic N) is 1. The number of carboxylic acid groups (broad SMARTS) is 1. The van der Waals surface area contributed by atoms with Crippen LogP contribution in [0.3, 0.4) is 0 Å². The summed E-state index contributed by atoms with van der Waals surface area (Å²) in [6.07, 6.45) is 0.994. The highest BCUT2D eigenvalue weighted by atomic mass is 16.5.